The quantitative estimate of drug-likeness (QED) is 0.814. The van der Waals surface area contributed by atoms with Crippen molar-refractivity contribution >= 4 is 11.7 Å². The van der Waals surface area contributed by atoms with Gasteiger partial charge in [-0.05, 0) is 13.0 Å². The van der Waals surface area contributed by atoms with Gasteiger partial charge in [0.05, 0.1) is 19.3 Å². The zero-order chi connectivity index (χ0) is 13.4. The molecule has 0 aromatic heterocycles. The van der Waals surface area contributed by atoms with Gasteiger partial charge in [0.1, 0.15) is 0 Å². The molecular weight excluding hydrogens is 232 g/mol. The van der Waals surface area contributed by atoms with E-state index in [1.54, 1.807) is 14.2 Å². The van der Waals surface area contributed by atoms with Gasteiger partial charge < -0.3 is 20.1 Å². The number of anilines is 1. The fourth-order valence-corrected chi connectivity index (χ4v) is 1.60. The summed E-state index contributed by atoms with van der Waals surface area (Å²) in [6.45, 7) is 2.82. The number of ether oxygens (including phenoxy) is 2. The first-order valence-electron chi connectivity index (χ1n) is 5.80. The standard InChI is InChI=1S/C13H20N2O3/c1-10(8-17-2)14-13(16)15-12-7-5-4-6-11(12)9-18-3/h4-7,10H,8-9H2,1-3H3,(H2,14,15,16)/t10-/m1/s1. The van der Waals surface area contributed by atoms with Crippen LogP contribution in [0.15, 0.2) is 24.3 Å². The molecule has 5 nitrogen and oxygen atoms in total. The maximum atomic E-state index is 11.7. The van der Waals surface area contributed by atoms with Gasteiger partial charge in [0.2, 0.25) is 0 Å². The molecule has 1 atom stereocenters. The number of carbonyl (C=O) groups excluding carboxylic acids is 1. The molecule has 2 amide bonds. The summed E-state index contributed by atoms with van der Waals surface area (Å²) < 4.78 is 10.0. The van der Waals surface area contributed by atoms with Gasteiger partial charge in [0.25, 0.3) is 0 Å². The highest BCUT2D eigenvalue weighted by molar-refractivity contribution is 5.90. The number of nitrogens with one attached hydrogen (secondary N) is 2. The summed E-state index contributed by atoms with van der Waals surface area (Å²) in [5.74, 6) is 0. The molecule has 0 fully saturated rings. The summed E-state index contributed by atoms with van der Waals surface area (Å²) in [7, 11) is 3.22. The van der Waals surface area contributed by atoms with Gasteiger partial charge in [-0.15, -0.1) is 0 Å². The Morgan fingerprint density at radius 1 is 1.28 bits per heavy atom. The fraction of sp³-hybridized carbons (Fsp3) is 0.462. The van der Waals surface area contributed by atoms with E-state index in [2.05, 4.69) is 10.6 Å². The molecule has 0 aliphatic heterocycles. The second kappa shape index (κ2) is 7.68. The SMILES string of the molecule is COCc1ccccc1NC(=O)N[C@H](C)COC. The van der Waals surface area contributed by atoms with E-state index in [0.717, 1.165) is 11.3 Å². The molecule has 1 rings (SSSR count). The van der Waals surface area contributed by atoms with E-state index in [1.807, 2.05) is 31.2 Å². The number of rotatable bonds is 6. The minimum atomic E-state index is -0.247. The minimum absolute atomic E-state index is 0.0374. The van der Waals surface area contributed by atoms with Crippen molar-refractivity contribution in [2.24, 2.45) is 0 Å². The van der Waals surface area contributed by atoms with Crippen LogP contribution in [-0.4, -0.2) is 32.9 Å². The lowest BCUT2D eigenvalue weighted by molar-refractivity contribution is 0.173. The average molecular weight is 252 g/mol. The van der Waals surface area contributed by atoms with Crippen molar-refractivity contribution in [1.29, 1.82) is 0 Å². The summed E-state index contributed by atoms with van der Waals surface area (Å²) in [6.07, 6.45) is 0. The Labute approximate surface area is 107 Å². The first-order chi connectivity index (χ1) is 8.67. The van der Waals surface area contributed by atoms with Crippen LogP contribution in [0.3, 0.4) is 0 Å². The van der Waals surface area contributed by atoms with Crippen molar-refractivity contribution < 1.29 is 14.3 Å². The number of methoxy groups -OCH3 is 2. The van der Waals surface area contributed by atoms with Crippen molar-refractivity contribution in [3.63, 3.8) is 0 Å². The smallest absolute Gasteiger partial charge is 0.319 e. The molecule has 1 aromatic rings. The van der Waals surface area contributed by atoms with Crippen LogP contribution in [0.1, 0.15) is 12.5 Å². The van der Waals surface area contributed by atoms with Crippen LogP contribution in [0.4, 0.5) is 10.5 Å². The van der Waals surface area contributed by atoms with E-state index in [1.165, 1.54) is 0 Å². The van der Waals surface area contributed by atoms with Crippen molar-refractivity contribution in [1.82, 2.24) is 5.32 Å². The molecule has 0 radical (unpaired) electrons. The molecule has 0 bridgehead atoms. The lowest BCUT2D eigenvalue weighted by atomic mass is 10.2. The number of hydrogen-bond donors (Lipinski definition) is 2. The summed E-state index contributed by atoms with van der Waals surface area (Å²) in [4.78, 5) is 11.7. The highest BCUT2D eigenvalue weighted by Crippen LogP contribution is 2.15. The predicted molar refractivity (Wildman–Crippen MR) is 70.6 cm³/mol. The van der Waals surface area contributed by atoms with E-state index in [4.69, 9.17) is 9.47 Å². The van der Waals surface area contributed by atoms with Gasteiger partial charge in [0, 0.05) is 25.5 Å². The number of carbonyl (C=O) groups is 1. The van der Waals surface area contributed by atoms with Crippen LogP contribution in [-0.2, 0) is 16.1 Å². The Morgan fingerprint density at radius 3 is 2.67 bits per heavy atom. The third-order valence-electron chi connectivity index (χ3n) is 2.36. The second-order valence-corrected chi connectivity index (χ2v) is 4.05. The van der Waals surface area contributed by atoms with Crippen molar-refractivity contribution in [3.05, 3.63) is 29.8 Å². The fourth-order valence-electron chi connectivity index (χ4n) is 1.60. The van der Waals surface area contributed by atoms with Gasteiger partial charge in [-0.2, -0.15) is 0 Å². The lowest BCUT2D eigenvalue weighted by Crippen LogP contribution is -2.38. The Kier molecular flexibility index (Phi) is 6.18. The van der Waals surface area contributed by atoms with Gasteiger partial charge in [-0.3, -0.25) is 0 Å². The Balaban J connectivity index is 2.58. The van der Waals surface area contributed by atoms with Gasteiger partial charge >= 0.3 is 6.03 Å². The van der Waals surface area contributed by atoms with E-state index in [0.29, 0.717) is 13.2 Å². The van der Waals surface area contributed by atoms with Crippen LogP contribution < -0.4 is 10.6 Å². The summed E-state index contributed by atoms with van der Waals surface area (Å²) in [5.41, 5.74) is 1.69. The van der Waals surface area contributed by atoms with Gasteiger partial charge in [0.15, 0.2) is 0 Å². The second-order valence-electron chi connectivity index (χ2n) is 4.05. The average Bonchev–Trinajstić information content (AvgIpc) is 2.32. The Hall–Kier alpha value is -1.59. The molecule has 0 spiro atoms. The van der Waals surface area contributed by atoms with Gasteiger partial charge in [-0.25, -0.2) is 4.79 Å². The van der Waals surface area contributed by atoms with Gasteiger partial charge in [-0.1, -0.05) is 18.2 Å². The first-order valence-corrected chi connectivity index (χ1v) is 5.80. The predicted octanol–water partition coefficient (Wildman–Crippen LogP) is 1.99. The summed E-state index contributed by atoms with van der Waals surface area (Å²) in [5, 5.41) is 5.58. The minimum Gasteiger partial charge on any atom is -0.383 e. The molecular formula is C13H20N2O3. The number of para-hydroxylation sites is 1. The number of benzene rings is 1. The molecule has 0 heterocycles. The van der Waals surface area contributed by atoms with Crippen LogP contribution >= 0.6 is 0 Å². The normalized spacial score (nSPS) is 11.9. The summed E-state index contributed by atoms with van der Waals surface area (Å²) >= 11 is 0. The van der Waals surface area contributed by atoms with E-state index >= 15 is 0 Å². The molecule has 0 unspecified atom stereocenters. The van der Waals surface area contributed by atoms with Crippen LogP contribution in [0.5, 0.6) is 0 Å². The number of urea groups is 1. The molecule has 0 saturated heterocycles. The van der Waals surface area contributed by atoms with E-state index < -0.39 is 0 Å². The number of hydrogen-bond acceptors (Lipinski definition) is 3. The molecule has 2 N–H and O–H groups in total. The zero-order valence-electron chi connectivity index (χ0n) is 11.0. The van der Waals surface area contributed by atoms with Crippen LogP contribution in [0.25, 0.3) is 0 Å². The zero-order valence-corrected chi connectivity index (χ0v) is 11.0. The maximum absolute atomic E-state index is 11.7. The van der Waals surface area contributed by atoms with Crippen LogP contribution in [0.2, 0.25) is 0 Å². The molecule has 5 heteroatoms. The number of amides is 2. The first kappa shape index (κ1) is 14.5. The molecule has 100 valence electrons. The molecule has 0 aliphatic rings. The molecule has 0 saturated carbocycles. The lowest BCUT2D eigenvalue weighted by Gasteiger charge is -2.15. The van der Waals surface area contributed by atoms with E-state index in [9.17, 15) is 4.79 Å². The molecule has 0 aliphatic carbocycles. The monoisotopic (exact) mass is 252 g/mol. The Morgan fingerprint density at radius 2 is 2.00 bits per heavy atom. The maximum Gasteiger partial charge on any atom is 0.319 e. The molecule has 18 heavy (non-hydrogen) atoms. The highest BCUT2D eigenvalue weighted by atomic mass is 16.5. The molecule has 1 aromatic carbocycles. The largest absolute Gasteiger partial charge is 0.383 e. The van der Waals surface area contributed by atoms with Crippen molar-refractivity contribution in [3.8, 4) is 0 Å². The topological polar surface area (TPSA) is 59.6 Å². The van der Waals surface area contributed by atoms with Crippen molar-refractivity contribution in [2.45, 2.75) is 19.6 Å². The van der Waals surface area contributed by atoms with Crippen molar-refractivity contribution in [2.75, 3.05) is 26.1 Å². The third kappa shape index (κ3) is 4.73. The summed E-state index contributed by atoms with van der Waals surface area (Å²) in [6, 6.07) is 7.25. The van der Waals surface area contributed by atoms with Crippen LogP contribution in [0, 0.1) is 0 Å². The van der Waals surface area contributed by atoms with E-state index in [-0.39, 0.29) is 12.1 Å². The Bertz CT molecular complexity index is 382. The third-order valence-corrected chi connectivity index (χ3v) is 2.36. The highest BCUT2D eigenvalue weighted by Gasteiger charge is 2.09.